The number of hydrogen-bond acceptors (Lipinski definition) is 4. The number of hydrogen-bond donors (Lipinski definition) is 2. The van der Waals surface area contributed by atoms with Crippen LogP contribution in [0.3, 0.4) is 0 Å². The molecule has 2 aromatic rings. The van der Waals surface area contributed by atoms with Crippen molar-refractivity contribution in [3.05, 3.63) is 76.5 Å². The van der Waals surface area contributed by atoms with Gasteiger partial charge in [-0.3, -0.25) is 4.79 Å². The SMILES string of the molecule is CC(C)=CCC/C(C)=C/COc1ccc(C(=O)NCCNc2cc(C)cc(C)n2)cc1. The van der Waals surface area contributed by atoms with E-state index < -0.39 is 0 Å². The van der Waals surface area contributed by atoms with Crippen molar-refractivity contribution in [2.75, 3.05) is 25.0 Å². The highest BCUT2D eigenvalue weighted by molar-refractivity contribution is 5.94. The maximum atomic E-state index is 12.3. The highest BCUT2D eigenvalue weighted by Crippen LogP contribution is 2.13. The third kappa shape index (κ3) is 9.51. The Morgan fingerprint density at radius 3 is 2.45 bits per heavy atom. The normalized spacial score (nSPS) is 11.1. The quantitative estimate of drug-likeness (QED) is 0.365. The summed E-state index contributed by atoms with van der Waals surface area (Å²) in [4.78, 5) is 16.7. The number of nitrogens with one attached hydrogen (secondary N) is 2. The zero-order chi connectivity index (χ0) is 22.6. The number of carbonyl (C=O) groups is 1. The van der Waals surface area contributed by atoms with Crippen LogP contribution in [0, 0.1) is 13.8 Å². The van der Waals surface area contributed by atoms with Gasteiger partial charge in [-0.2, -0.15) is 0 Å². The predicted octanol–water partition coefficient (Wildman–Crippen LogP) is 5.61. The number of pyridine rings is 1. The van der Waals surface area contributed by atoms with Gasteiger partial charge in [0.15, 0.2) is 0 Å². The van der Waals surface area contributed by atoms with E-state index in [2.05, 4.69) is 48.5 Å². The molecule has 0 aliphatic carbocycles. The Morgan fingerprint density at radius 2 is 1.77 bits per heavy atom. The van der Waals surface area contributed by atoms with E-state index in [4.69, 9.17) is 4.74 Å². The molecule has 166 valence electrons. The van der Waals surface area contributed by atoms with Crippen LogP contribution in [0.1, 0.15) is 55.2 Å². The molecular weight excluding hydrogens is 386 g/mol. The second-order valence-electron chi connectivity index (χ2n) is 8.06. The summed E-state index contributed by atoms with van der Waals surface area (Å²) in [5, 5.41) is 6.16. The number of nitrogens with zero attached hydrogens (tertiary/aromatic N) is 1. The van der Waals surface area contributed by atoms with Crippen molar-refractivity contribution in [1.82, 2.24) is 10.3 Å². The maximum Gasteiger partial charge on any atom is 0.251 e. The van der Waals surface area contributed by atoms with Crippen LogP contribution in [0.5, 0.6) is 5.75 Å². The zero-order valence-electron chi connectivity index (χ0n) is 19.4. The second kappa shape index (κ2) is 12.6. The molecule has 0 fully saturated rings. The van der Waals surface area contributed by atoms with Gasteiger partial charge in [0.1, 0.15) is 18.2 Å². The van der Waals surface area contributed by atoms with E-state index in [1.54, 1.807) is 12.1 Å². The van der Waals surface area contributed by atoms with Gasteiger partial charge in [0.05, 0.1) is 0 Å². The minimum atomic E-state index is -0.100. The van der Waals surface area contributed by atoms with E-state index in [0.29, 0.717) is 25.3 Å². The summed E-state index contributed by atoms with van der Waals surface area (Å²) in [5.74, 6) is 1.48. The van der Waals surface area contributed by atoms with Crippen molar-refractivity contribution in [3.63, 3.8) is 0 Å². The Balaban J connectivity index is 1.71. The van der Waals surface area contributed by atoms with E-state index in [1.807, 2.05) is 38.1 Å². The van der Waals surface area contributed by atoms with Gasteiger partial charge in [0.2, 0.25) is 0 Å². The topological polar surface area (TPSA) is 63.2 Å². The van der Waals surface area contributed by atoms with E-state index >= 15 is 0 Å². The summed E-state index contributed by atoms with van der Waals surface area (Å²) in [6.45, 7) is 12.0. The van der Waals surface area contributed by atoms with Gasteiger partial charge < -0.3 is 15.4 Å². The standard InChI is InChI=1S/C26H35N3O2/c1-19(2)7-6-8-20(3)13-16-31-24-11-9-23(10-12-24)26(30)28-15-14-27-25-18-21(4)17-22(5)29-25/h7,9-13,17-18H,6,8,14-16H2,1-5H3,(H,27,29)(H,28,30)/b20-13+. The van der Waals surface area contributed by atoms with E-state index in [1.165, 1.54) is 11.1 Å². The third-order valence-electron chi connectivity index (χ3n) is 4.70. The Bertz CT molecular complexity index is 890. The average molecular weight is 422 g/mol. The fraction of sp³-hybridized carbons (Fsp3) is 0.385. The monoisotopic (exact) mass is 421 g/mol. The minimum absolute atomic E-state index is 0.100. The first-order chi connectivity index (χ1) is 14.8. The molecule has 0 atom stereocenters. The molecule has 0 radical (unpaired) electrons. The first-order valence-electron chi connectivity index (χ1n) is 10.8. The van der Waals surface area contributed by atoms with Gasteiger partial charge in [-0.05, 0) is 95.5 Å². The molecule has 2 N–H and O–H groups in total. The molecule has 0 bridgehead atoms. The molecule has 5 nitrogen and oxygen atoms in total. The zero-order valence-corrected chi connectivity index (χ0v) is 19.4. The van der Waals surface area contributed by atoms with Crippen LogP contribution in [0.4, 0.5) is 5.82 Å². The Hall–Kier alpha value is -3.08. The van der Waals surface area contributed by atoms with Crippen LogP contribution in [-0.2, 0) is 0 Å². The summed E-state index contributed by atoms with van der Waals surface area (Å²) < 4.78 is 5.77. The van der Waals surface area contributed by atoms with E-state index in [9.17, 15) is 4.79 Å². The fourth-order valence-corrected chi connectivity index (χ4v) is 3.07. The molecular formula is C26H35N3O2. The molecule has 2 rings (SSSR count). The van der Waals surface area contributed by atoms with Crippen molar-refractivity contribution in [1.29, 1.82) is 0 Å². The molecule has 5 heteroatoms. The number of aromatic nitrogens is 1. The lowest BCUT2D eigenvalue weighted by Gasteiger charge is -2.09. The highest BCUT2D eigenvalue weighted by atomic mass is 16.5. The highest BCUT2D eigenvalue weighted by Gasteiger charge is 2.05. The first kappa shape index (κ1) is 24.2. The molecule has 0 saturated heterocycles. The van der Waals surface area contributed by atoms with Gasteiger partial charge >= 0.3 is 0 Å². The molecule has 1 heterocycles. The van der Waals surface area contributed by atoms with Crippen LogP contribution in [0.25, 0.3) is 0 Å². The number of aryl methyl sites for hydroxylation is 2. The Morgan fingerprint density at radius 1 is 1.03 bits per heavy atom. The Kier molecular flexibility index (Phi) is 9.82. The predicted molar refractivity (Wildman–Crippen MR) is 129 cm³/mol. The van der Waals surface area contributed by atoms with Crippen LogP contribution in [0.15, 0.2) is 59.7 Å². The number of allylic oxidation sites excluding steroid dienone is 3. The molecule has 0 aliphatic rings. The first-order valence-corrected chi connectivity index (χ1v) is 10.8. The molecule has 31 heavy (non-hydrogen) atoms. The van der Waals surface area contributed by atoms with Crippen LogP contribution < -0.4 is 15.4 Å². The van der Waals surface area contributed by atoms with Gasteiger partial charge in [0.25, 0.3) is 5.91 Å². The maximum absolute atomic E-state index is 12.3. The van der Waals surface area contributed by atoms with Gasteiger partial charge in [-0.25, -0.2) is 4.98 Å². The van der Waals surface area contributed by atoms with Crippen molar-refractivity contribution in [2.24, 2.45) is 0 Å². The fourth-order valence-electron chi connectivity index (χ4n) is 3.07. The molecule has 0 aliphatic heterocycles. The lowest BCUT2D eigenvalue weighted by molar-refractivity contribution is 0.0955. The van der Waals surface area contributed by atoms with Crippen LogP contribution in [-0.4, -0.2) is 30.6 Å². The number of carbonyl (C=O) groups excluding carboxylic acids is 1. The van der Waals surface area contributed by atoms with Crippen molar-refractivity contribution < 1.29 is 9.53 Å². The summed E-state index contributed by atoms with van der Waals surface area (Å²) in [6, 6.07) is 11.3. The smallest absolute Gasteiger partial charge is 0.251 e. The largest absolute Gasteiger partial charge is 0.490 e. The number of ether oxygens (including phenoxy) is 1. The summed E-state index contributed by atoms with van der Waals surface area (Å²) in [6.07, 6.45) is 6.46. The van der Waals surface area contributed by atoms with Crippen molar-refractivity contribution in [3.8, 4) is 5.75 Å². The summed E-state index contributed by atoms with van der Waals surface area (Å²) in [5.41, 5.74) is 5.42. The molecule has 1 aromatic carbocycles. The van der Waals surface area contributed by atoms with Gasteiger partial charge in [-0.1, -0.05) is 17.2 Å². The minimum Gasteiger partial charge on any atom is -0.490 e. The lowest BCUT2D eigenvalue weighted by atomic mass is 10.1. The number of anilines is 1. The van der Waals surface area contributed by atoms with E-state index in [0.717, 1.165) is 35.7 Å². The molecule has 0 saturated carbocycles. The second-order valence-corrected chi connectivity index (χ2v) is 8.06. The average Bonchev–Trinajstić information content (AvgIpc) is 2.70. The summed E-state index contributed by atoms with van der Waals surface area (Å²) in [7, 11) is 0. The van der Waals surface area contributed by atoms with Crippen molar-refractivity contribution >= 4 is 11.7 Å². The third-order valence-corrected chi connectivity index (χ3v) is 4.70. The number of amides is 1. The molecule has 1 aromatic heterocycles. The van der Waals surface area contributed by atoms with Crippen LogP contribution in [0.2, 0.25) is 0 Å². The van der Waals surface area contributed by atoms with E-state index in [-0.39, 0.29) is 5.91 Å². The number of rotatable bonds is 11. The summed E-state index contributed by atoms with van der Waals surface area (Å²) >= 11 is 0. The molecule has 0 spiro atoms. The molecule has 1 amide bonds. The van der Waals surface area contributed by atoms with Crippen LogP contribution >= 0.6 is 0 Å². The Labute approximate surface area is 186 Å². The van der Waals surface area contributed by atoms with Gasteiger partial charge in [0, 0.05) is 24.3 Å². The number of benzene rings is 1. The van der Waals surface area contributed by atoms with Gasteiger partial charge in [-0.15, -0.1) is 0 Å². The van der Waals surface area contributed by atoms with Crippen molar-refractivity contribution in [2.45, 2.75) is 47.5 Å². The lowest BCUT2D eigenvalue weighted by Crippen LogP contribution is -2.28. The molecule has 0 unspecified atom stereocenters.